The van der Waals surface area contributed by atoms with Gasteiger partial charge in [0.1, 0.15) is 17.2 Å². The fourth-order valence-corrected chi connectivity index (χ4v) is 4.55. The number of benzene rings is 1. The van der Waals surface area contributed by atoms with E-state index in [9.17, 15) is 18.8 Å². The van der Waals surface area contributed by atoms with Gasteiger partial charge in [-0.05, 0) is 48.7 Å². The predicted octanol–water partition coefficient (Wildman–Crippen LogP) is 2.68. The van der Waals surface area contributed by atoms with Crippen LogP contribution in [0.4, 0.5) is 20.6 Å². The number of nitrogens with zero attached hydrogens (tertiary/aromatic N) is 4. The van der Waals surface area contributed by atoms with Crippen molar-refractivity contribution >= 4 is 23.3 Å². The highest BCUT2D eigenvalue weighted by atomic mass is 19.1. The van der Waals surface area contributed by atoms with Gasteiger partial charge in [-0.15, -0.1) is 0 Å². The molecule has 0 spiro atoms. The zero-order chi connectivity index (χ0) is 22.9. The number of nitrogens with one attached hydrogen (secondary N) is 2. The van der Waals surface area contributed by atoms with Crippen molar-refractivity contribution in [3.8, 4) is 0 Å². The molecular weight excluding hydrogens is 427 g/mol. The van der Waals surface area contributed by atoms with Gasteiger partial charge >= 0.3 is 6.03 Å². The normalized spacial score (nSPS) is 18.9. The first kappa shape index (κ1) is 20.8. The Morgan fingerprint density at radius 1 is 1.00 bits per heavy atom. The van der Waals surface area contributed by atoms with Gasteiger partial charge in [-0.25, -0.2) is 14.2 Å². The first-order valence-corrected chi connectivity index (χ1v) is 10.6. The number of likely N-dealkylation sites (tertiary alicyclic amines) is 1. The van der Waals surface area contributed by atoms with Crippen molar-refractivity contribution in [3.63, 3.8) is 0 Å². The molecule has 0 aliphatic carbocycles. The molecule has 3 amide bonds. The van der Waals surface area contributed by atoms with Crippen LogP contribution in [0.5, 0.6) is 0 Å². The third-order valence-corrected chi connectivity index (χ3v) is 6.03. The van der Waals surface area contributed by atoms with E-state index < -0.39 is 5.91 Å². The minimum atomic E-state index is -0.500. The lowest BCUT2D eigenvalue weighted by Crippen LogP contribution is -2.50. The van der Waals surface area contributed by atoms with E-state index in [0.717, 1.165) is 12.1 Å². The van der Waals surface area contributed by atoms with Gasteiger partial charge in [0.05, 0.1) is 6.20 Å². The summed E-state index contributed by atoms with van der Waals surface area (Å²) in [4.78, 5) is 47.8. The SMILES string of the molecule is O=C(Nc1ccc2n(c1=O)CC1CC2CN(C(=O)Nc2ccc(F)cc2)C1)c1cnccn1. The van der Waals surface area contributed by atoms with Crippen LogP contribution >= 0.6 is 0 Å². The van der Waals surface area contributed by atoms with Gasteiger partial charge in [0.25, 0.3) is 11.5 Å². The molecule has 168 valence electrons. The summed E-state index contributed by atoms with van der Waals surface area (Å²) in [5.74, 6) is -0.747. The molecule has 5 rings (SSSR count). The second kappa shape index (κ2) is 8.45. The molecule has 2 unspecified atom stereocenters. The van der Waals surface area contributed by atoms with E-state index >= 15 is 0 Å². The van der Waals surface area contributed by atoms with E-state index in [4.69, 9.17) is 0 Å². The third kappa shape index (κ3) is 4.19. The Hall–Kier alpha value is -4.08. The maximum atomic E-state index is 13.1. The summed E-state index contributed by atoms with van der Waals surface area (Å²) in [5, 5.41) is 5.43. The van der Waals surface area contributed by atoms with Crippen molar-refractivity contribution in [1.29, 1.82) is 0 Å². The second-order valence-electron chi connectivity index (χ2n) is 8.27. The molecule has 3 aromatic rings. The van der Waals surface area contributed by atoms with Gasteiger partial charge in [-0.3, -0.25) is 14.6 Å². The van der Waals surface area contributed by atoms with Crippen LogP contribution in [-0.4, -0.2) is 44.5 Å². The molecule has 2 atom stereocenters. The van der Waals surface area contributed by atoms with Gasteiger partial charge in [-0.1, -0.05) is 0 Å². The number of pyridine rings is 1. The zero-order valence-corrected chi connectivity index (χ0v) is 17.6. The number of urea groups is 1. The van der Waals surface area contributed by atoms with Crippen molar-refractivity contribution in [2.75, 3.05) is 23.7 Å². The Balaban J connectivity index is 1.32. The van der Waals surface area contributed by atoms with E-state index in [2.05, 4.69) is 20.6 Å². The van der Waals surface area contributed by atoms with Crippen molar-refractivity contribution in [2.24, 2.45) is 5.92 Å². The fraction of sp³-hybridized carbons (Fsp3) is 0.261. The number of hydrogen-bond donors (Lipinski definition) is 2. The van der Waals surface area contributed by atoms with Crippen LogP contribution < -0.4 is 16.2 Å². The van der Waals surface area contributed by atoms with Crippen molar-refractivity contribution in [1.82, 2.24) is 19.4 Å². The monoisotopic (exact) mass is 448 g/mol. The van der Waals surface area contributed by atoms with Crippen LogP contribution in [0.15, 0.2) is 59.8 Å². The minimum Gasteiger partial charge on any atom is -0.324 e. The summed E-state index contributed by atoms with van der Waals surface area (Å²) in [6, 6.07) is 8.80. The average Bonchev–Trinajstić information content (AvgIpc) is 2.83. The molecule has 4 heterocycles. The van der Waals surface area contributed by atoms with E-state index in [0.29, 0.717) is 25.3 Å². The van der Waals surface area contributed by atoms with Crippen LogP contribution in [0, 0.1) is 11.7 Å². The molecule has 2 N–H and O–H groups in total. The quantitative estimate of drug-likeness (QED) is 0.640. The lowest BCUT2D eigenvalue weighted by Gasteiger charge is -2.42. The highest BCUT2D eigenvalue weighted by Crippen LogP contribution is 2.35. The summed E-state index contributed by atoms with van der Waals surface area (Å²) >= 11 is 0. The standard InChI is InChI=1S/C23H21FN6O3/c24-16-1-3-17(4-2-16)27-23(33)29-11-14-9-15(13-29)20-6-5-18(22(32)30(20)12-14)28-21(31)19-10-25-7-8-26-19/h1-8,10,14-15H,9,11-13H2,(H,27,33)(H,28,31). The van der Waals surface area contributed by atoms with Gasteiger partial charge in [0.15, 0.2) is 0 Å². The van der Waals surface area contributed by atoms with E-state index in [-0.39, 0.29) is 40.6 Å². The lowest BCUT2D eigenvalue weighted by molar-refractivity contribution is 0.102. The summed E-state index contributed by atoms with van der Waals surface area (Å²) < 4.78 is 14.8. The molecule has 33 heavy (non-hydrogen) atoms. The maximum absolute atomic E-state index is 13.1. The van der Waals surface area contributed by atoms with Crippen molar-refractivity contribution in [3.05, 3.63) is 82.5 Å². The molecule has 1 aromatic carbocycles. The van der Waals surface area contributed by atoms with E-state index in [1.54, 1.807) is 15.5 Å². The Kier molecular flexibility index (Phi) is 5.33. The molecule has 9 nitrogen and oxygen atoms in total. The first-order chi connectivity index (χ1) is 16.0. The van der Waals surface area contributed by atoms with Crippen LogP contribution in [0.3, 0.4) is 0 Å². The van der Waals surface area contributed by atoms with Gasteiger partial charge in [-0.2, -0.15) is 0 Å². The molecule has 2 aliphatic rings. The van der Waals surface area contributed by atoms with E-state index in [1.807, 2.05) is 6.07 Å². The number of fused-ring (bicyclic) bond motifs is 4. The number of amides is 3. The average molecular weight is 448 g/mol. The smallest absolute Gasteiger partial charge is 0.321 e. The second-order valence-corrected chi connectivity index (χ2v) is 8.27. The van der Waals surface area contributed by atoms with Gasteiger partial charge in [0, 0.05) is 49.3 Å². The highest BCUT2D eigenvalue weighted by Gasteiger charge is 2.36. The Bertz CT molecular complexity index is 1260. The third-order valence-electron chi connectivity index (χ3n) is 6.03. The molecule has 2 aromatic heterocycles. The molecule has 0 radical (unpaired) electrons. The summed E-state index contributed by atoms with van der Waals surface area (Å²) in [6.07, 6.45) is 5.09. The molecular formula is C23H21FN6O3. The molecule has 10 heteroatoms. The van der Waals surface area contributed by atoms with Crippen LogP contribution in [-0.2, 0) is 6.54 Å². The Morgan fingerprint density at radius 2 is 1.82 bits per heavy atom. The highest BCUT2D eigenvalue weighted by molar-refractivity contribution is 6.02. The first-order valence-electron chi connectivity index (χ1n) is 10.6. The fourth-order valence-electron chi connectivity index (χ4n) is 4.55. The molecule has 1 saturated heterocycles. The summed E-state index contributed by atoms with van der Waals surface area (Å²) in [5.41, 5.74) is 1.40. The van der Waals surface area contributed by atoms with Gasteiger partial charge < -0.3 is 20.1 Å². The predicted molar refractivity (Wildman–Crippen MR) is 119 cm³/mol. The lowest BCUT2D eigenvalue weighted by atomic mass is 9.83. The number of piperidine rings is 1. The number of aromatic nitrogens is 3. The van der Waals surface area contributed by atoms with Crippen LogP contribution in [0.1, 0.15) is 28.5 Å². The largest absolute Gasteiger partial charge is 0.324 e. The number of hydrogen-bond acceptors (Lipinski definition) is 5. The maximum Gasteiger partial charge on any atom is 0.321 e. The summed E-state index contributed by atoms with van der Waals surface area (Å²) in [7, 11) is 0. The number of halogens is 1. The zero-order valence-electron chi connectivity index (χ0n) is 17.6. The molecule has 2 aliphatic heterocycles. The Morgan fingerprint density at radius 3 is 2.58 bits per heavy atom. The molecule has 1 fully saturated rings. The summed E-state index contributed by atoms with van der Waals surface area (Å²) in [6.45, 7) is 1.43. The van der Waals surface area contributed by atoms with E-state index in [1.165, 1.54) is 42.9 Å². The van der Waals surface area contributed by atoms with Gasteiger partial charge in [0.2, 0.25) is 0 Å². The number of carbonyl (C=O) groups excluding carboxylic acids is 2. The van der Waals surface area contributed by atoms with Crippen molar-refractivity contribution < 1.29 is 14.0 Å². The van der Waals surface area contributed by atoms with Crippen molar-refractivity contribution in [2.45, 2.75) is 18.9 Å². The van der Waals surface area contributed by atoms with Crippen LogP contribution in [0.2, 0.25) is 0 Å². The van der Waals surface area contributed by atoms with Crippen LogP contribution in [0.25, 0.3) is 0 Å². The Labute approximate surface area is 188 Å². The number of carbonyl (C=O) groups is 2. The topological polar surface area (TPSA) is 109 Å². The number of anilines is 2. The minimum absolute atomic E-state index is 0.00825. The molecule has 2 bridgehead atoms. The number of rotatable bonds is 3. The molecule has 0 saturated carbocycles.